The van der Waals surface area contributed by atoms with Crippen molar-refractivity contribution in [2.45, 2.75) is 31.3 Å². The van der Waals surface area contributed by atoms with E-state index in [1.165, 1.54) is 25.8 Å². The molecule has 1 atom stereocenters. The maximum atomic E-state index is 5.79. The third-order valence-corrected chi connectivity index (χ3v) is 4.35. The van der Waals surface area contributed by atoms with E-state index in [9.17, 15) is 0 Å². The van der Waals surface area contributed by atoms with Crippen LogP contribution >= 0.6 is 0 Å². The third-order valence-electron chi connectivity index (χ3n) is 4.35. The Bertz CT molecular complexity index is 635. The number of nitrogens with two attached hydrogens (primary N) is 1. The first-order valence-electron chi connectivity index (χ1n) is 7.45. The van der Waals surface area contributed by atoms with Gasteiger partial charge in [-0.05, 0) is 49.6 Å². The first-order valence-corrected chi connectivity index (χ1v) is 7.45. The van der Waals surface area contributed by atoms with Gasteiger partial charge in [0.25, 0.3) is 0 Å². The van der Waals surface area contributed by atoms with Gasteiger partial charge in [0, 0.05) is 36.2 Å². The van der Waals surface area contributed by atoms with Crippen molar-refractivity contribution in [1.82, 2.24) is 9.88 Å². The normalized spacial score (nSPS) is 23.3. The van der Waals surface area contributed by atoms with Crippen LogP contribution in [0.1, 0.15) is 19.3 Å². The van der Waals surface area contributed by atoms with E-state index >= 15 is 0 Å². The highest BCUT2D eigenvalue weighted by Crippen LogP contribution is 2.30. The van der Waals surface area contributed by atoms with E-state index in [4.69, 9.17) is 5.73 Å². The summed E-state index contributed by atoms with van der Waals surface area (Å²) in [5.74, 6) is 0.977. The van der Waals surface area contributed by atoms with Gasteiger partial charge in [0.2, 0.25) is 0 Å². The van der Waals surface area contributed by atoms with Crippen LogP contribution in [-0.2, 0) is 0 Å². The Morgan fingerprint density at radius 2 is 2.05 bits per heavy atom. The van der Waals surface area contributed by atoms with Crippen LogP contribution in [0.15, 0.2) is 30.3 Å². The molecule has 2 heterocycles. The largest absolute Gasteiger partial charge is 0.399 e. The van der Waals surface area contributed by atoms with Crippen LogP contribution in [0.25, 0.3) is 10.9 Å². The predicted molar refractivity (Wildman–Crippen MR) is 82.8 cm³/mol. The van der Waals surface area contributed by atoms with Gasteiger partial charge < -0.3 is 11.1 Å². The Morgan fingerprint density at radius 3 is 2.90 bits per heavy atom. The van der Waals surface area contributed by atoms with Crippen molar-refractivity contribution in [3.8, 4) is 0 Å². The number of anilines is 2. The molecule has 1 unspecified atom stereocenters. The molecule has 1 aliphatic heterocycles. The lowest BCUT2D eigenvalue weighted by molar-refractivity contribution is 0.326. The molecule has 1 saturated carbocycles. The zero-order valence-corrected chi connectivity index (χ0v) is 11.5. The van der Waals surface area contributed by atoms with Crippen molar-refractivity contribution in [3.63, 3.8) is 0 Å². The molecule has 1 aromatic heterocycles. The predicted octanol–water partition coefficient (Wildman–Crippen LogP) is 2.47. The average Bonchev–Trinajstić information content (AvgIpc) is 3.20. The van der Waals surface area contributed by atoms with Crippen LogP contribution in [-0.4, -0.2) is 35.1 Å². The second kappa shape index (κ2) is 4.63. The number of likely N-dealkylation sites (tertiary alicyclic amines) is 1. The molecule has 1 aliphatic carbocycles. The van der Waals surface area contributed by atoms with Crippen molar-refractivity contribution in [2.75, 3.05) is 24.1 Å². The molecule has 2 aromatic rings. The van der Waals surface area contributed by atoms with E-state index in [1.807, 2.05) is 18.2 Å². The van der Waals surface area contributed by atoms with Crippen LogP contribution < -0.4 is 11.1 Å². The van der Waals surface area contributed by atoms with Crippen LogP contribution in [0.4, 0.5) is 11.5 Å². The maximum Gasteiger partial charge on any atom is 0.126 e. The average molecular weight is 268 g/mol. The van der Waals surface area contributed by atoms with E-state index in [-0.39, 0.29) is 0 Å². The zero-order valence-electron chi connectivity index (χ0n) is 11.5. The summed E-state index contributed by atoms with van der Waals surface area (Å²) in [5.41, 5.74) is 7.58. The highest BCUT2D eigenvalue weighted by Gasteiger charge is 2.34. The minimum Gasteiger partial charge on any atom is -0.399 e. The van der Waals surface area contributed by atoms with E-state index < -0.39 is 0 Å². The van der Waals surface area contributed by atoms with Gasteiger partial charge in [0.15, 0.2) is 0 Å². The van der Waals surface area contributed by atoms with Crippen molar-refractivity contribution in [3.05, 3.63) is 30.3 Å². The molecule has 4 rings (SSSR count). The Balaban J connectivity index is 1.49. The lowest BCUT2D eigenvalue weighted by atomic mass is 10.2. The third kappa shape index (κ3) is 2.31. The number of benzene rings is 1. The summed E-state index contributed by atoms with van der Waals surface area (Å²) in [7, 11) is 0. The van der Waals surface area contributed by atoms with Crippen molar-refractivity contribution >= 4 is 22.4 Å². The molecule has 20 heavy (non-hydrogen) atoms. The van der Waals surface area contributed by atoms with Gasteiger partial charge in [0.1, 0.15) is 5.82 Å². The fourth-order valence-electron chi connectivity index (χ4n) is 3.11. The Labute approximate surface area is 119 Å². The van der Waals surface area contributed by atoms with E-state index in [0.29, 0.717) is 6.04 Å². The zero-order chi connectivity index (χ0) is 13.5. The molecule has 1 saturated heterocycles. The van der Waals surface area contributed by atoms with E-state index in [1.54, 1.807) is 0 Å². The number of hydrogen-bond acceptors (Lipinski definition) is 4. The van der Waals surface area contributed by atoms with Crippen molar-refractivity contribution in [2.24, 2.45) is 0 Å². The molecule has 2 fully saturated rings. The molecular weight excluding hydrogens is 248 g/mol. The van der Waals surface area contributed by atoms with Crippen LogP contribution in [0.3, 0.4) is 0 Å². The molecule has 4 heteroatoms. The lowest BCUT2D eigenvalue weighted by Gasteiger charge is -2.16. The SMILES string of the molecule is Nc1ccc2nc(NC3CCN(C4CC4)C3)ccc2c1. The molecule has 4 nitrogen and oxygen atoms in total. The van der Waals surface area contributed by atoms with Gasteiger partial charge in [-0.2, -0.15) is 0 Å². The summed E-state index contributed by atoms with van der Waals surface area (Å²) < 4.78 is 0. The second-order valence-electron chi connectivity index (χ2n) is 6.00. The number of nitrogens with one attached hydrogen (secondary N) is 1. The quantitative estimate of drug-likeness (QED) is 0.840. The fraction of sp³-hybridized carbons (Fsp3) is 0.438. The minimum absolute atomic E-state index is 0.536. The Morgan fingerprint density at radius 1 is 1.15 bits per heavy atom. The molecule has 104 valence electrons. The fourth-order valence-corrected chi connectivity index (χ4v) is 3.11. The van der Waals surface area contributed by atoms with Crippen LogP contribution in [0.5, 0.6) is 0 Å². The Hall–Kier alpha value is -1.81. The topological polar surface area (TPSA) is 54.2 Å². The summed E-state index contributed by atoms with van der Waals surface area (Å²) in [6, 6.07) is 11.4. The molecule has 0 radical (unpaired) electrons. The number of pyridine rings is 1. The summed E-state index contributed by atoms with van der Waals surface area (Å²) >= 11 is 0. The Kier molecular flexibility index (Phi) is 2.77. The minimum atomic E-state index is 0.536. The monoisotopic (exact) mass is 268 g/mol. The lowest BCUT2D eigenvalue weighted by Crippen LogP contribution is -2.27. The summed E-state index contributed by atoms with van der Waals surface area (Å²) in [6.45, 7) is 2.39. The van der Waals surface area contributed by atoms with Crippen LogP contribution in [0, 0.1) is 0 Å². The van der Waals surface area contributed by atoms with Gasteiger partial charge in [0.05, 0.1) is 5.52 Å². The molecular formula is C16H20N4. The molecule has 0 spiro atoms. The number of fused-ring (bicyclic) bond motifs is 1. The van der Waals surface area contributed by atoms with Crippen molar-refractivity contribution < 1.29 is 0 Å². The van der Waals surface area contributed by atoms with Gasteiger partial charge in [-0.3, -0.25) is 4.90 Å². The summed E-state index contributed by atoms with van der Waals surface area (Å²) in [6.07, 6.45) is 4.00. The standard InChI is InChI=1S/C16H20N4/c17-12-2-5-15-11(9-12)1-6-16(19-15)18-13-7-8-20(10-13)14-3-4-14/h1-2,5-6,9,13-14H,3-4,7-8,10,17H2,(H,18,19). The van der Waals surface area contributed by atoms with E-state index in [2.05, 4.69) is 27.3 Å². The smallest absolute Gasteiger partial charge is 0.126 e. The van der Waals surface area contributed by atoms with Crippen molar-refractivity contribution in [1.29, 1.82) is 0 Å². The highest BCUT2D eigenvalue weighted by molar-refractivity contribution is 5.83. The van der Waals surface area contributed by atoms with Gasteiger partial charge in [-0.15, -0.1) is 0 Å². The number of hydrogen-bond donors (Lipinski definition) is 2. The maximum absolute atomic E-state index is 5.79. The molecule has 2 aliphatic rings. The molecule has 1 aromatic carbocycles. The number of nitrogen functional groups attached to an aromatic ring is 1. The summed E-state index contributed by atoms with van der Waals surface area (Å²) in [5, 5.41) is 4.67. The highest BCUT2D eigenvalue weighted by atomic mass is 15.2. The first kappa shape index (κ1) is 12.0. The number of nitrogens with zero attached hydrogens (tertiary/aromatic N) is 2. The molecule has 0 amide bonds. The van der Waals surface area contributed by atoms with E-state index in [0.717, 1.165) is 35.0 Å². The summed E-state index contributed by atoms with van der Waals surface area (Å²) in [4.78, 5) is 7.29. The van der Waals surface area contributed by atoms with Gasteiger partial charge >= 0.3 is 0 Å². The first-order chi connectivity index (χ1) is 9.78. The van der Waals surface area contributed by atoms with Gasteiger partial charge in [-0.25, -0.2) is 4.98 Å². The number of aromatic nitrogens is 1. The van der Waals surface area contributed by atoms with Crippen LogP contribution in [0.2, 0.25) is 0 Å². The van der Waals surface area contributed by atoms with Gasteiger partial charge in [-0.1, -0.05) is 0 Å². The molecule has 0 bridgehead atoms. The number of rotatable bonds is 3. The second-order valence-corrected chi connectivity index (χ2v) is 6.00. The molecule has 3 N–H and O–H groups in total.